The summed E-state index contributed by atoms with van der Waals surface area (Å²) in [6, 6.07) is 23.3. The van der Waals surface area contributed by atoms with Crippen LogP contribution in [0.3, 0.4) is 0 Å². The van der Waals surface area contributed by atoms with E-state index in [2.05, 4.69) is 10.0 Å². The second-order valence-electron chi connectivity index (χ2n) is 9.41. The van der Waals surface area contributed by atoms with Crippen LogP contribution < -0.4 is 23.8 Å². The van der Waals surface area contributed by atoms with Crippen molar-refractivity contribution in [2.75, 3.05) is 35.1 Å². The molecule has 12 heteroatoms. The first-order chi connectivity index (χ1) is 19.9. The Kier molecular flexibility index (Phi) is 9.08. The number of nitrogens with zero attached hydrogens (tertiary/aromatic N) is 1. The Bertz CT molecular complexity index is 1770. The maximum absolute atomic E-state index is 13.8. The predicted molar refractivity (Wildman–Crippen MR) is 162 cm³/mol. The molecule has 0 heterocycles. The molecule has 1 amide bonds. The average molecular weight is 610 g/mol. The molecule has 0 aromatic heterocycles. The molecule has 0 aliphatic rings. The second-order valence-corrected chi connectivity index (χ2v) is 13.0. The summed E-state index contributed by atoms with van der Waals surface area (Å²) in [7, 11) is -5.14. The lowest BCUT2D eigenvalue weighted by Crippen LogP contribution is -2.38. The van der Waals surface area contributed by atoms with E-state index in [1.54, 1.807) is 61.5 Å². The van der Waals surface area contributed by atoms with Crippen LogP contribution in [-0.4, -0.2) is 43.5 Å². The minimum Gasteiger partial charge on any atom is -0.497 e. The third kappa shape index (κ3) is 7.01. The molecular weight excluding hydrogens is 578 g/mol. The molecule has 0 bridgehead atoms. The van der Waals surface area contributed by atoms with E-state index in [4.69, 9.17) is 9.47 Å². The van der Waals surface area contributed by atoms with Crippen molar-refractivity contribution in [3.8, 4) is 11.5 Å². The third-order valence-electron chi connectivity index (χ3n) is 6.29. The van der Waals surface area contributed by atoms with Crippen LogP contribution in [0.25, 0.3) is 0 Å². The summed E-state index contributed by atoms with van der Waals surface area (Å²) in [5, 5.41) is 2.65. The highest BCUT2D eigenvalue weighted by molar-refractivity contribution is 7.93. The van der Waals surface area contributed by atoms with Crippen LogP contribution in [0.1, 0.15) is 11.1 Å². The lowest BCUT2D eigenvalue weighted by molar-refractivity contribution is -0.114. The Morgan fingerprint density at radius 2 is 1.29 bits per heavy atom. The molecule has 0 saturated carbocycles. The highest BCUT2D eigenvalue weighted by Crippen LogP contribution is 2.33. The molecule has 42 heavy (non-hydrogen) atoms. The van der Waals surface area contributed by atoms with Crippen molar-refractivity contribution in [2.45, 2.75) is 23.6 Å². The zero-order chi connectivity index (χ0) is 30.5. The maximum Gasteiger partial charge on any atom is 0.264 e. The molecular formula is C30H31N3O7S2. The molecule has 0 unspecified atom stereocenters. The van der Waals surface area contributed by atoms with Crippen molar-refractivity contribution in [3.05, 3.63) is 102 Å². The maximum atomic E-state index is 13.8. The van der Waals surface area contributed by atoms with Crippen LogP contribution in [0.4, 0.5) is 17.1 Å². The normalized spacial score (nSPS) is 11.4. The number of carbonyl (C=O) groups excluding carboxylic acids is 1. The van der Waals surface area contributed by atoms with Gasteiger partial charge in [-0.05, 0) is 92.2 Å². The van der Waals surface area contributed by atoms with Crippen molar-refractivity contribution in [1.29, 1.82) is 0 Å². The number of rotatable bonds is 11. The minimum absolute atomic E-state index is 0.0170. The van der Waals surface area contributed by atoms with Crippen LogP contribution in [0.5, 0.6) is 11.5 Å². The number of carbonyl (C=O) groups is 1. The summed E-state index contributed by atoms with van der Waals surface area (Å²) in [5.41, 5.74) is 2.51. The Hall–Kier alpha value is -4.55. The Balaban J connectivity index is 1.56. The summed E-state index contributed by atoms with van der Waals surface area (Å²) < 4.78 is 67.2. The van der Waals surface area contributed by atoms with Gasteiger partial charge in [0.1, 0.15) is 18.0 Å². The third-order valence-corrected chi connectivity index (χ3v) is 9.46. The van der Waals surface area contributed by atoms with Crippen LogP contribution in [0.2, 0.25) is 0 Å². The fraction of sp³-hybridized carbons (Fsp3) is 0.167. The number of methoxy groups -OCH3 is 2. The lowest BCUT2D eigenvalue weighted by atomic mass is 10.2. The number of amides is 1. The standard InChI is InChI=1S/C30H31N3O7S2/c1-21-5-14-27(15-6-21)42(37,38)33(28-19-22(2)7-18-29(28)40-4)20-30(34)31-23-10-16-26(17-11-23)41(35,36)32-24-8-12-25(39-3)13-9-24/h5-19,32H,20H2,1-4H3,(H,31,34). The van der Waals surface area contributed by atoms with Gasteiger partial charge in [-0.25, -0.2) is 16.8 Å². The van der Waals surface area contributed by atoms with Crippen molar-refractivity contribution in [2.24, 2.45) is 0 Å². The molecule has 4 aromatic carbocycles. The summed E-state index contributed by atoms with van der Waals surface area (Å²) in [6.45, 7) is 3.09. The molecule has 0 saturated heterocycles. The lowest BCUT2D eigenvalue weighted by Gasteiger charge is -2.26. The van der Waals surface area contributed by atoms with E-state index in [1.807, 2.05) is 6.92 Å². The first-order valence-corrected chi connectivity index (χ1v) is 15.7. The van der Waals surface area contributed by atoms with Gasteiger partial charge in [0.05, 0.1) is 29.7 Å². The molecule has 10 nitrogen and oxygen atoms in total. The zero-order valence-electron chi connectivity index (χ0n) is 23.5. The van der Waals surface area contributed by atoms with E-state index in [-0.39, 0.29) is 26.9 Å². The molecule has 220 valence electrons. The van der Waals surface area contributed by atoms with Gasteiger partial charge in [0, 0.05) is 11.4 Å². The molecule has 0 radical (unpaired) electrons. The monoisotopic (exact) mass is 609 g/mol. The van der Waals surface area contributed by atoms with Gasteiger partial charge in [0.25, 0.3) is 20.0 Å². The number of ether oxygens (including phenoxy) is 2. The highest BCUT2D eigenvalue weighted by atomic mass is 32.2. The Morgan fingerprint density at radius 1 is 0.714 bits per heavy atom. The fourth-order valence-corrected chi connectivity index (χ4v) is 6.54. The SMILES string of the molecule is COc1ccc(NS(=O)(=O)c2ccc(NC(=O)CN(c3cc(C)ccc3OC)S(=O)(=O)c3ccc(C)cc3)cc2)cc1. The quantitative estimate of drug-likeness (QED) is 0.246. The molecule has 4 aromatic rings. The van der Waals surface area contributed by atoms with Crippen molar-refractivity contribution in [1.82, 2.24) is 0 Å². The van der Waals surface area contributed by atoms with Gasteiger partial charge in [-0.15, -0.1) is 0 Å². The summed E-state index contributed by atoms with van der Waals surface area (Å²) in [4.78, 5) is 13.2. The van der Waals surface area contributed by atoms with Crippen LogP contribution in [0, 0.1) is 13.8 Å². The molecule has 2 N–H and O–H groups in total. The Labute approximate surface area is 246 Å². The van der Waals surface area contributed by atoms with Crippen LogP contribution in [-0.2, 0) is 24.8 Å². The Morgan fingerprint density at radius 3 is 1.88 bits per heavy atom. The van der Waals surface area contributed by atoms with Gasteiger partial charge < -0.3 is 14.8 Å². The largest absolute Gasteiger partial charge is 0.497 e. The predicted octanol–water partition coefficient (Wildman–Crippen LogP) is 4.96. The second kappa shape index (κ2) is 12.5. The van der Waals surface area contributed by atoms with E-state index in [1.165, 1.54) is 50.6 Å². The van der Waals surface area contributed by atoms with E-state index in [0.717, 1.165) is 15.4 Å². The zero-order valence-corrected chi connectivity index (χ0v) is 25.1. The van der Waals surface area contributed by atoms with E-state index in [0.29, 0.717) is 11.4 Å². The van der Waals surface area contributed by atoms with Gasteiger partial charge in [-0.3, -0.25) is 13.8 Å². The van der Waals surface area contributed by atoms with E-state index >= 15 is 0 Å². The van der Waals surface area contributed by atoms with Crippen LogP contribution in [0.15, 0.2) is 101 Å². The molecule has 0 aliphatic carbocycles. The van der Waals surface area contributed by atoms with E-state index in [9.17, 15) is 21.6 Å². The number of hydrogen-bond acceptors (Lipinski definition) is 7. The number of aryl methyl sites for hydroxylation is 2. The van der Waals surface area contributed by atoms with Crippen molar-refractivity contribution < 1.29 is 31.1 Å². The van der Waals surface area contributed by atoms with Crippen LogP contribution >= 0.6 is 0 Å². The average Bonchev–Trinajstić information content (AvgIpc) is 2.96. The highest BCUT2D eigenvalue weighted by Gasteiger charge is 2.29. The number of benzene rings is 4. The first-order valence-electron chi connectivity index (χ1n) is 12.7. The molecule has 0 spiro atoms. The number of anilines is 3. The molecule has 0 aliphatic heterocycles. The van der Waals surface area contributed by atoms with Crippen molar-refractivity contribution >= 4 is 43.0 Å². The smallest absolute Gasteiger partial charge is 0.264 e. The number of sulfonamides is 2. The molecule has 0 atom stereocenters. The molecule has 0 fully saturated rings. The number of nitrogens with one attached hydrogen (secondary N) is 2. The van der Waals surface area contributed by atoms with Gasteiger partial charge >= 0.3 is 0 Å². The van der Waals surface area contributed by atoms with Gasteiger partial charge in [-0.1, -0.05) is 23.8 Å². The van der Waals surface area contributed by atoms with Gasteiger partial charge in [0.2, 0.25) is 5.91 Å². The van der Waals surface area contributed by atoms with Gasteiger partial charge in [0.15, 0.2) is 0 Å². The number of hydrogen-bond donors (Lipinski definition) is 2. The molecule has 4 rings (SSSR count). The first kappa shape index (κ1) is 30.4. The summed E-state index contributed by atoms with van der Waals surface area (Å²) >= 11 is 0. The summed E-state index contributed by atoms with van der Waals surface area (Å²) in [6.07, 6.45) is 0. The van der Waals surface area contributed by atoms with E-state index < -0.39 is 32.5 Å². The topological polar surface area (TPSA) is 131 Å². The van der Waals surface area contributed by atoms with Crippen molar-refractivity contribution in [3.63, 3.8) is 0 Å². The fourth-order valence-electron chi connectivity index (χ4n) is 4.05. The van der Waals surface area contributed by atoms with Gasteiger partial charge in [-0.2, -0.15) is 0 Å². The summed E-state index contributed by atoms with van der Waals surface area (Å²) in [5.74, 6) is 0.230. The minimum atomic E-state index is -4.17.